The first-order valence-corrected chi connectivity index (χ1v) is 10.1. The number of carbonyl (C=O) groups excluding carboxylic acids is 1. The van der Waals surface area contributed by atoms with E-state index in [1.807, 2.05) is 30.3 Å². The van der Waals surface area contributed by atoms with Gasteiger partial charge in [-0.15, -0.1) is 0 Å². The molecule has 3 rings (SSSR count). The van der Waals surface area contributed by atoms with E-state index in [2.05, 4.69) is 21.7 Å². The fourth-order valence-corrected chi connectivity index (χ4v) is 3.99. The lowest BCUT2D eigenvalue weighted by molar-refractivity contribution is -0.133. The van der Waals surface area contributed by atoms with Crippen LogP contribution in [0.5, 0.6) is 5.75 Å². The molecule has 2 fully saturated rings. The van der Waals surface area contributed by atoms with E-state index < -0.39 is 0 Å². The van der Waals surface area contributed by atoms with Crippen LogP contribution in [0, 0.1) is 0 Å². The lowest BCUT2D eigenvalue weighted by Crippen LogP contribution is -2.49. The number of rotatable bonds is 7. The van der Waals surface area contributed by atoms with Crippen LogP contribution in [-0.2, 0) is 4.79 Å². The van der Waals surface area contributed by atoms with Gasteiger partial charge in [-0.2, -0.15) is 0 Å². The molecule has 0 N–H and O–H groups in total. The molecule has 2 aliphatic heterocycles. The monoisotopic (exact) mass is 359 g/mol. The average Bonchev–Trinajstić information content (AvgIpc) is 2.68. The van der Waals surface area contributed by atoms with Crippen molar-refractivity contribution in [2.24, 2.45) is 0 Å². The van der Waals surface area contributed by atoms with Gasteiger partial charge in [0, 0.05) is 45.2 Å². The third kappa shape index (κ3) is 5.71. The van der Waals surface area contributed by atoms with Gasteiger partial charge in [-0.05, 0) is 45.0 Å². The van der Waals surface area contributed by atoms with E-state index in [1.165, 1.54) is 25.8 Å². The Morgan fingerprint density at radius 1 is 1.08 bits per heavy atom. The highest BCUT2D eigenvalue weighted by Gasteiger charge is 2.24. The summed E-state index contributed by atoms with van der Waals surface area (Å²) in [7, 11) is 2.20. The van der Waals surface area contributed by atoms with Crippen molar-refractivity contribution in [2.45, 2.75) is 38.1 Å². The molecule has 5 heteroatoms. The van der Waals surface area contributed by atoms with Gasteiger partial charge in [-0.1, -0.05) is 24.6 Å². The van der Waals surface area contributed by atoms with E-state index in [9.17, 15) is 4.79 Å². The summed E-state index contributed by atoms with van der Waals surface area (Å²) in [6.45, 7) is 6.41. The van der Waals surface area contributed by atoms with Gasteiger partial charge in [0.15, 0.2) is 0 Å². The Balaban J connectivity index is 1.30. The van der Waals surface area contributed by atoms with Crippen molar-refractivity contribution in [1.82, 2.24) is 14.7 Å². The van der Waals surface area contributed by atoms with E-state index >= 15 is 0 Å². The molecule has 0 aromatic heterocycles. The summed E-state index contributed by atoms with van der Waals surface area (Å²) in [6.07, 6.45) is 5.58. The minimum Gasteiger partial charge on any atom is -0.492 e. The van der Waals surface area contributed by atoms with E-state index in [1.54, 1.807) is 0 Å². The molecule has 26 heavy (non-hydrogen) atoms. The number of nitrogens with zero attached hydrogens (tertiary/aromatic N) is 3. The Kier molecular flexibility index (Phi) is 7.32. The van der Waals surface area contributed by atoms with Crippen molar-refractivity contribution in [1.29, 1.82) is 0 Å². The van der Waals surface area contributed by atoms with Gasteiger partial charge in [-0.25, -0.2) is 0 Å². The number of likely N-dealkylation sites (tertiary alicyclic amines) is 1. The van der Waals surface area contributed by atoms with Gasteiger partial charge in [0.25, 0.3) is 0 Å². The van der Waals surface area contributed by atoms with Crippen LogP contribution in [0.25, 0.3) is 0 Å². The first-order valence-electron chi connectivity index (χ1n) is 10.1. The molecule has 0 saturated carbocycles. The summed E-state index contributed by atoms with van der Waals surface area (Å²) >= 11 is 0. The van der Waals surface area contributed by atoms with Crippen LogP contribution < -0.4 is 4.74 Å². The largest absolute Gasteiger partial charge is 0.492 e. The third-order valence-electron chi connectivity index (χ3n) is 5.76. The quantitative estimate of drug-likeness (QED) is 0.749. The number of piperazine rings is 1. The van der Waals surface area contributed by atoms with Crippen LogP contribution in [0.1, 0.15) is 32.1 Å². The van der Waals surface area contributed by atoms with Crippen molar-refractivity contribution < 1.29 is 9.53 Å². The van der Waals surface area contributed by atoms with Crippen molar-refractivity contribution in [3.05, 3.63) is 30.3 Å². The Bertz CT molecular complexity index is 543. The van der Waals surface area contributed by atoms with Crippen LogP contribution in [-0.4, -0.2) is 79.6 Å². The molecule has 0 spiro atoms. The van der Waals surface area contributed by atoms with E-state index in [-0.39, 0.29) is 0 Å². The zero-order valence-electron chi connectivity index (χ0n) is 16.1. The molecular formula is C21H33N3O2. The standard InChI is InChI=1S/C21H33N3O2/c1-22-12-6-5-7-19(22)10-11-21(25)24-15-13-23(14-16-24)17-18-26-20-8-3-2-4-9-20/h2-4,8-9,19H,5-7,10-18H2,1H3. The molecule has 2 heterocycles. The Morgan fingerprint density at radius 2 is 1.85 bits per heavy atom. The molecule has 0 bridgehead atoms. The Morgan fingerprint density at radius 3 is 2.58 bits per heavy atom. The molecule has 2 aliphatic rings. The molecule has 1 aromatic rings. The summed E-state index contributed by atoms with van der Waals surface area (Å²) in [4.78, 5) is 19.4. The number of para-hydroxylation sites is 1. The topological polar surface area (TPSA) is 36.0 Å². The maximum atomic E-state index is 12.5. The molecule has 0 aliphatic carbocycles. The predicted octanol–water partition coefficient (Wildman–Crippen LogP) is 2.47. The molecular weight excluding hydrogens is 326 g/mol. The smallest absolute Gasteiger partial charge is 0.222 e. The highest BCUT2D eigenvalue weighted by Crippen LogP contribution is 2.19. The van der Waals surface area contributed by atoms with E-state index in [0.29, 0.717) is 25.0 Å². The normalized spacial score (nSPS) is 22.3. The molecule has 5 nitrogen and oxygen atoms in total. The van der Waals surface area contributed by atoms with Crippen molar-refractivity contribution in [2.75, 3.05) is 52.9 Å². The van der Waals surface area contributed by atoms with Gasteiger partial charge in [-0.3, -0.25) is 9.69 Å². The fraction of sp³-hybridized carbons (Fsp3) is 0.667. The van der Waals surface area contributed by atoms with Crippen molar-refractivity contribution >= 4 is 5.91 Å². The average molecular weight is 360 g/mol. The molecule has 1 atom stereocenters. The number of carbonyl (C=O) groups is 1. The van der Waals surface area contributed by atoms with Crippen LogP contribution in [0.15, 0.2) is 30.3 Å². The van der Waals surface area contributed by atoms with Gasteiger partial charge < -0.3 is 14.5 Å². The minimum atomic E-state index is 0.337. The molecule has 1 unspecified atom stereocenters. The Hall–Kier alpha value is -1.59. The lowest BCUT2D eigenvalue weighted by Gasteiger charge is -2.36. The summed E-state index contributed by atoms with van der Waals surface area (Å²) in [5.41, 5.74) is 0. The van der Waals surface area contributed by atoms with E-state index in [0.717, 1.165) is 44.9 Å². The number of hydrogen-bond donors (Lipinski definition) is 0. The maximum absolute atomic E-state index is 12.5. The van der Waals surface area contributed by atoms with Crippen LogP contribution in [0.4, 0.5) is 0 Å². The minimum absolute atomic E-state index is 0.337. The summed E-state index contributed by atoms with van der Waals surface area (Å²) < 4.78 is 5.77. The van der Waals surface area contributed by atoms with Crippen LogP contribution in [0.2, 0.25) is 0 Å². The fourth-order valence-electron chi connectivity index (χ4n) is 3.99. The van der Waals surface area contributed by atoms with E-state index in [4.69, 9.17) is 4.74 Å². The zero-order chi connectivity index (χ0) is 18.2. The number of hydrogen-bond acceptors (Lipinski definition) is 4. The van der Waals surface area contributed by atoms with Crippen molar-refractivity contribution in [3.63, 3.8) is 0 Å². The highest BCUT2D eigenvalue weighted by atomic mass is 16.5. The zero-order valence-corrected chi connectivity index (χ0v) is 16.1. The molecule has 2 saturated heterocycles. The van der Waals surface area contributed by atoms with Gasteiger partial charge in [0.1, 0.15) is 12.4 Å². The second-order valence-electron chi connectivity index (χ2n) is 7.55. The van der Waals surface area contributed by atoms with Gasteiger partial charge in [0.2, 0.25) is 5.91 Å². The summed E-state index contributed by atoms with van der Waals surface area (Å²) in [6, 6.07) is 10.6. The SMILES string of the molecule is CN1CCCCC1CCC(=O)N1CCN(CCOc2ccccc2)CC1. The molecule has 1 amide bonds. The van der Waals surface area contributed by atoms with Gasteiger partial charge >= 0.3 is 0 Å². The predicted molar refractivity (Wildman–Crippen MR) is 104 cm³/mol. The van der Waals surface area contributed by atoms with Crippen LogP contribution >= 0.6 is 0 Å². The van der Waals surface area contributed by atoms with Gasteiger partial charge in [0.05, 0.1) is 0 Å². The van der Waals surface area contributed by atoms with Crippen molar-refractivity contribution in [3.8, 4) is 5.75 Å². The second-order valence-corrected chi connectivity index (χ2v) is 7.55. The number of amides is 1. The summed E-state index contributed by atoms with van der Waals surface area (Å²) in [5, 5.41) is 0. The first kappa shape index (κ1) is 19.2. The highest BCUT2D eigenvalue weighted by molar-refractivity contribution is 5.76. The molecule has 144 valence electrons. The second kappa shape index (κ2) is 9.93. The Labute approximate surface area is 157 Å². The number of piperidine rings is 1. The first-order chi connectivity index (χ1) is 12.7. The third-order valence-corrected chi connectivity index (χ3v) is 5.76. The summed E-state index contributed by atoms with van der Waals surface area (Å²) in [5.74, 6) is 1.26. The number of ether oxygens (including phenoxy) is 1. The maximum Gasteiger partial charge on any atom is 0.222 e. The number of benzene rings is 1. The molecule has 0 radical (unpaired) electrons. The van der Waals surface area contributed by atoms with Crippen LogP contribution in [0.3, 0.4) is 0 Å². The molecule has 1 aromatic carbocycles. The lowest BCUT2D eigenvalue weighted by atomic mass is 9.98.